The lowest BCUT2D eigenvalue weighted by Crippen LogP contribution is -2.34. The molecule has 0 bridgehead atoms. The van der Waals surface area contributed by atoms with Gasteiger partial charge < -0.3 is 10.2 Å². The second-order valence-electron chi connectivity index (χ2n) is 4.61. The minimum atomic E-state index is -3.86. The first-order chi connectivity index (χ1) is 9.85. The number of aliphatic hydroxyl groups excluding tert-OH is 2. The molecule has 0 radical (unpaired) electrons. The molecule has 0 saturated carbocycles. The molecule has 0 spiro atoms. The second-order valence-corrected chi connectivity index (χ2v) is 6.71. The number of fused-ring (bicyclic) bond motifs is 1. The highest BCUT2D eigenvalue weighted by Gasteiger charge is 2.19. The van der Waals surface area contributed by atoms with E-state index in [9.17, 15) is 13.5 Å². The molecule has 21 heavy (non-hydrogen) atoms. The van der Waals surface area contributed by atoms with E-state index in [2.05, 4.69) is 9.71 Å². The zero-order valence-electron chi connectivity index (χ0n) is 11.2. The van der Waals surface area contributed by atoms with Crippen molar-refractivity contribution in [3.05, 3.63) is 35.0 Å². The van der Waals surface area contributed by atoms with Gasteiger partial charge in [-0.05, 0) is 24.6 Å². The third kappa shape index (κ3) is 3.50. The number of aromatic nitrogens is 1. The Bertz CT molecular complexity index is 764. The Morgan fingerprint density at radius 2 is 2.14 bits per heavy atom. The highest BCUT2D eigenvalue weighted by molar-refractivity contribution is 7.89. The first kappa shape index (κ1) is 16.1. The highest BCUT2D eigenvalue weighted by Crippen LogP contribution is 2.25. The molecule has 0 aliphatic heterocycles. The summed E-state index contributed by atoms with van der Waals surface area (Å²) in [6.07, 6.45) is -1.16. The molecule has 0 saturated heterocycles. The largest absolute Gasteiger partial charge is 0.394 e. The van der Waals surface area contributed by atoms with Gasteiger partial charge in [-0.3, -0.25) is 0 Å². The van der Waals surface area contributed by atoms with E-state index in [1.54, 1.807) is 25.1 Å². The molecule has 114 valence electrons. The van der Waals surface area contributed by atoms with Crippen molar-refractivity contribution < 1.29 is 18.6 Å². The first-order valence-corrected chi connectivity index (χ1v) is 8.05. The van der Waals surface area contributed by atoms with Crippen molar-refractivity contribution in [1.29, 1.82) is 0 Å². The molecule has 8 heteroatoms. The lowest BCUT2D eigenvalue weighted by atomic mass is 10.2. The van der Waals surface area contributed by atoms with Gasteiger partial charge in [-0.25, -0.2) is 18.1 Å². The summed E-state index contributed by atoms with van der Waals surface area (Å²) in [5, 5.41) is 18.9. The van der Waals surface area contributed by atoms with E-state index in [0.717, 1.165) is 5.56 Å². The zero-order valence-corrected chi connectivity index (χ0v) is 12.8. The molecule has 2 rings (SSSR count). The van der Waals surface area contributed by atoms with Crippen molar-refractivity contribution in [2.24, 2.45) is 0 Å². The van der Waals surface area contributed by atoms with E-state index in [1.165, 1.54) is 6.07 Å². The van der Waals surface area contributed by atoms with Crippen molar-refractivity contribution >= 4 is 32.5 Å². The van der Waals surface area contributed by atoms with Gasteiger partial charge in [-0.1, -0.05) is 23.7 Å². The molecule has 1 atom stereocenters. The fourth-order valence-corrected chi connectivity index (χ4v) is 3.20. The number of pyridine rings is 1. The van der Waals surface area contributed by atoms with Gasteiger partial charge in [0.15, 0.2) is 0 Å². The van der Waals surface area contributed by atoms with Crippen LogP contribution in [0.4, 0.5) is 0 Å². The number of aryl methyl sites for hydroxylation is 1. The number of aliphatic hydroxyl groups is 2. The van der Waals surface area contributed by atoms with Crippen LogP contribution in [0, 0.1) is 6.92 Å². The number of hydrogen-bond donors (Lipinski definition) is 3. The van der Waals surface area contributed by atoms with Gasteiger partial charge in [0.25, 0.3) is 0 Å². The standard InChI is InChI=1S/C13H15ClN2O4S/c1-8-5-9-3-2-4-11(12(9)16-13(8)14)21(19,20)15-6-10(18)7-17/h2-5,10,15,17-18H,6-7H2,1H3. The van der Waals surface area contributed by atoms with Crippen LogP contribution in [0.2, 0.25) is 5.15 Å². The van der Waals surface area contributed by atoms with E-state index in [4.69, 9.17) is 16.7 Å². The number of halogens is 1. The van der Waals surface area contributed by atoms with Crippen molar-refractivity contribution in [2.45, 2.75) is 17.9 Å². The minimum Gasteiger partial charge on any atom is -0.394 e. The second kappa shape index (κ2) is 6.25. The quantitative estimate of drug-likeness (QED) is 0.705. The molecular formula is C13H15ClN2O4S. The van der Waals surface area contributed by atoms with Gasteiger partial charge in [-0.15, -0.1) is 0 Å². The molecular weight excluding hydrogens is 316 g/mol. The molecule has 6 nitrogen and oxygen atoms in total. The van der Waals surface area contributed by atoms with E-state index in [0.29, 0.717) is 5.39 Å². The average Bonchev–Trinajstić information content (AvgIpc) is 2.45. The smallest absolute Gasteiger partial charge is 0.242 e. The summed E-state index contributed by atoms with van der Waals surface area (Å²) >= 11 is 5.96. The van der Waals surface area contributed by atoms with Crippen LogP contribution in [0.25, 0.3) is 10.9 Å². The van der Waals surface area contributed by atoms with Crippen LogP contribution in [0.15, 0.2) is 29.2 Å². The number of para-hydroxylation sites is 1. The summed E-state index contributed by atoms with van der Waals surface area (Å²) in [6, 6.07) is 6.52. The molecule has 1 unspecified atom stereocenters. The molecule has 1 heterocycles. The van der Waals surface area contributed by atoms with E-state index < -0.39 is 22.7 Å². The third-order valence-electron chi connectivity index (χ3n) is 2.95. The molecule has 0 fully saturated rings. The van der Waals surface area contributed by atoms with Crippen molar-refractivity contribution in [1.82, 2.24) is 9.71 Å². The molecule has 3 N–H and O–H groups in total. The third-order valence-corrected chi connectivity index (χ3v) is 4.78. The summed E-state index contributed by atoms with van der Waals surface area (Å²) in [6.45, 7) is 0.974. The Kier molecular flexibility index (Phi) is 4.80. The number of hydrogen-bond acceptors (Lipinski definition) is 5. The Balaban J connectivity index is 2.48. The number of sulfonamides is 1. The zero-order chi connectivity index (χ0) is 15.6. The highest BCUT2D eigenvalue weighted by atomic mass is 35.5. The Morgan fingerprint density at radius 1 is 1.43 bits per heavy atom. The van der Waals surface area contributed by atoms with E-state index in [1.807, 2.05) is 0 Å². The van der Waals surface area contributed by atoms with Crippen LogP contribution in [-0.2, 0) is 10.0 Å². The van der Waals surface area contributed by atoms with Gasteiger partial charge in [0.05, 0.1) is 18.2 Å². The normalized spacial score (nSPS) is 13.5. The van der Waals surface area contributed by atoms with Crippen LogP contribution in [0.1, 0.15) is 5.56 Å². The molecule has 0 aliphatic carbocycles. The summed E-state index contributed by atoms with van der Waals surface area (Å²) in [5.74, 6) is 0. The Labute approximate surface area is 127 Å². The van der Waals surface area contributed by atoms with Crippen LogP contribution in [0.5, 0.6) is 0 Å². The van der Waals surface area contributed by atoms with Gasteiger partial charge >= 0.3 is 0 Å². The van der Waals surface area contributed by atoms with Crippen LogP contribution in [-0.4, -0.2) is 42.9 Å². The summed E-state index contributed by atoms with van der Waals surface area (Å²) < 4.78 is 26.8. The SMILES string of the molecule is Cc1cc2cccc(S(=O)(=O)NCC(O)CO)c2nc1Cl. The van der Waals surface area contributed by atoms with Crippen molar-refractivity contribution in [2.75, 3.05) is 13.2 Å². The predicted molar refractivity (Wildman–Crippen MR) is 79.8 cm³/mol. The Morgan fingerprint density at radius 3 is 2.81 bits per heavy atom. The molecule has 0 aliphatic rings. The minimum absolute atomic E-state index is 0.0213. The molecule has 0 amide bonds. The van der Waals surface area contributed by atoms with Crippen LogP contribution < -0.4 is 4.72 Å². The number of rotatable bonds is 5. The summed E-state index contributed by atoms with van der Waals surface area (Å²) in [5.41, 5.74) is 1.02. The van der Waals surface area contributed by atoms with Crippen LogP contribution in [0.3, 0.4) is 0 Å². The molecule has 1 aromatic carbocycles. The molecule has 2 aromatic rings. The maximum absolute atomic E-state index is 12.3. The fourth-order valence-electron chi connectivity index (χ4n) is 1.82. The Hall–Kier alpha value is -1.25. The van der Waals surface area contributed by atoms with Gasteiger partial charge in [0.2, 0.25) is 10.0 Å². The van der Waals surface area contributed by atoms with E-state index in [-0.39, 0.29) is 22.1 Å². The first-order valence-electron chi connectivity index (χ1n) is 6.19. The number of benzene rings is 1. The van der Waals surface area contributed by atoms with Gasteiger partial charge in [0.1, 0.15) is 10.0 Å². The maximum Gasteiger partial charge on any atom is 0.242 e. The van der Waals surface area contributed by atoms with Crippen LogP contribution >= 0.6 is 11.6 Å². The topological polar surface area (TPSA) is 99.5 Å². The number of nitrogens with zero attached hydrogens (tertiary/aromatic N) is 1. The average molecular weight is 331 g/mol. The van der Waals surface area contributed by atoms with E-state index >= 15 is 0 Å². The summed E-state index contributed by atoms with van der Waals surface area (Å²) in [4.78, 5) is 4.10. The number of nitrogens with one attached hydrogen (secondary N) is 1. The monoisotopic (exact) mass is 330 g/mol. The molecule has 1 aromatic heterocycles. The fraction of sp³-hybridized carbons (Fsp3) is 0.308. The van der Waals surface area contributed by atoms with Crippen molar-refractivity contribution in [3.63, 3.8) is 0 Å². The van der Waals surface area contributed by atoms with Gasteiger partial charge in [-0.2, -0.15) is 0 Å². The maximum atomic E-state index is 12.3. The summed E-state index contributed by atoms with van der Waals surface area (Å²) in [7, 11) is -3.86. The van der Waals surface area contributed by atoms with Crippen molar-refractivity contribution in [3.8, 4) is 0 Å². The lowest BCUT2D eigenvalue weighted by molar-refractivity contribution is 0.0988. The predicted octanol–water partition coefficient (Wildman–Crippen LogP) is 0.828. The lowest BCUT2D eigenvalue weighted by Gasteiger charge is -2.12. The van der Waals surface area contributed by atoms with Gasteiger partial charge in [0, 0.05) is 11.9 Å².